The number of anilines is 1. The van der Waals surface area contributed by atoms with Gasteiger partial charge in [-0.1, -0.05) is 29.3 Å². The first kappa shape index (κ1) is 13.5. The first-order valence-corrected chi connectivity index (χ1v) is 6.18. The number of halogens is 2. The molecule has 96 valence electrons. The minimum atomic E-state index is 0.349. The van der Waals surface area contributed by atoms with E-state index in [0.717, 1.165) is 5.56 Å². The fraction of sp³-hybridized carbons (Fsp3) is 0.0769. The van der Waals surface area contributed by atoms with E-state index < -0.39 is 0 Å². The highest BCUT2D eigenvalue weighted by molar-refractivity contribution is 6.35. The van der Waals surface area contributed by atoms with Crippen LogP contribution in [0.4, 0.5) is 5.95 Å². The molecular weight excluding hydrogens is 283 g/mol. The second-order valence-corrected chi connectivity index (χ2v) is 4.70. The van der Waals surface area contributed by atoms with Crippen LogP contribution >= 0.6 is 23.2 Å². The Morgan fingerprint density at radius 3 is 2.84 bits per heavy atom. The molecule has 0 amide bonds. The summed E-state index contributed by atoms with van der Waals surface area (Å²) < 4.78 is 1.68. The predicted molar refractivity (Wildman–Crippen MR) is 76.7 cm³/mol. The molecule has 0 radical (unpaired) electrons. The molecule has 0 atom stereocenters. The lowest BCUT2D eigenvalue weighted by Crippen LogP contribution is -2.03. The van der Waals surface area contributed by atoms with Gasteiger partial charge >= 0.3 is 0 Å². The van der Waals surface area contributed by atoms with Crippen molar-refractivity contribution >= 4 is 35.2 Å². The van der Waals surface area contributed by atoms with Crippen molar-refractivity contribution in [2.24, 2.45) is 0 Å². The molecule has 19 heavy (non-hydrogen) atoms. The van der Waals surface area contributed by atoms with Crippen molar-refractivity contribution in [3.8, 4) is 6.07 Å². The summed E-state index contributed by atoms with van der Waals surface area (Å²) in [6.45, 7) is 0.349. The van der Waals surface area contributed by atoms with Gasteiger partial charge in [-0.3, -0.25) is 0 Å². The molecule has 0 spiro atoms. The number of hydrogen-bond acceptors (Lipinski definition) is 3. The van der Waals surface area contributed by atoms with Gasteiger partial charge in [0, 0.05) is 22.4 Å². The molecule has 2 aromatic rings. The van der Waals surface area contributed by atoms with Gasteiger partial charge in [-0.15, -0.1) is 0 Å². The Morgan fingerprint density at radius 1 is 1.47 bits per heavy atom. The van der Waals surface area contributed by atoms with Gasteiger partial charge in [-0.05, 0) is 23.8 Å². The third kappa shape index (κ3) is 3.28. The summed E-state index contributed by atoms with van der Waals surface area (Å²) in [6.07, 6.45) is 5.00. The van der Waals surface area contributed by atoms with Gasteiger partial charge in [0.25, 0.3) is 0 Å². The van der Waals surface area contributed by atoms with Crippen LogP contribution in [0.25, 0.3) is 6.08 Å². The van der Waals surface area contributed by atoms with Crippen LogP contribution in [0.15, 0.2) is 36.2 Å². The number of allylic oxidation sites excluding steroid dienone is 1. The Balaban J connectivity index is 2.29. The zero-order valence-electron chi connectivity index (χ0n) is 9.85. The number of nitrogens with two attached hydrogens (primary N) is 1. The number of nitriles is 1. The van der Waals surface area contributed by atoms with E-state index in [1.807, 2.05) is 0 Å². The molecule has 2 N–H and O–H groups in total. The highest BCUT2D eigenvalue weighted by Crippen LogP contribution is 2.23. The largest absolute Gasteiger partial charge is 0.369 e. The van der Waals surface area contributed by atoms with Crippen LogP contribution in [0.2, 0.25) is 10.0 Å². The number of rotatable bonds is 3. The Hall–Kier alpha value is -1.96. The molecular formula is C13H10Cl2N4. The summed E-state index contributed by atoms with van der Waals surface area (Å²) in [7, 11) is 0. The molecule has 1 aromatic carbocycles. The van der Waals surface area contributed by atoms with E-state index in [-0.39, 0.29) is 0 Å². The second kappa shape index (κ2) is 5.79. The summed E-state index contributed by atoms with van der Waals surface area (Å²) in [5, 5.41) is 10.2. The number of imidazole rings is 1. The van der Waals surface area contributed by atoms with Crippen LogP contribution in [0, 0.1) is 11.3 Å². The molecule has 1 heterocycles. The van der Waals surface area contributed by atoms with Crippen LogP contribution in [0.3, 0.4) is 0 Å². The number of nitrogen functional groups attached to an aromatic ring is 1. The lowest BCUT2D eigenvalue weighted by Gasteiger charge is -2.04. The van der Waals surface area contributed by atoms with Gasteiger partial charge in [-0.25, -0.2) is 4.98 Å². The van der Waals surface area contributed by atoms with Crippen LogP contribution in [0.5, 0.6) is 0 Å². The third-order valence-electron chi connectivity index (χ3n) is 2.52. The topological polar surface area (TPSA) is 67.6 Å². The Labute approximate surface area is 120 Å². The van der Waals surface area contributed by atoms with Crippen molar-refractivity contribution in [3.05, 3.63) is 51.8 Å². The van der Waals surface area contributed by atoms with Crippen LogP contribution < -0.4 is 5.73 Å². The lowest BCUT2D eigenvalue weighted by molar-refractivity contribution is 0.816. The quantitative estimate of drug-likeness (QED) is 0.882. The lowest BCUT2D eigenvalue weighted by atomic mass is 10.1. The van der Waals surface area contributed by atoms with Gasteiger partial charge in [-0.2, -0.15) is 5.26 Å². The van der Waals surface area contributed by atoms with Crippen molar-refractivity contribution in [2.75, 3.05) is 5.73 Å². The molecule has 0 aliphatic heterocycles. The van der Waals surface area contributed by atoms with Gasteiger partial charge in [0.1, 0.15) is 0 Å². The molecule has 0 aliphatic rings. The van der Waals surface area contributed by atoms with Crippen LogP contribution in [-0.4, -0.2) is 9.55 Å². The van der Waals surface area contributed by atoms with E-state index >= 15 is 0 Å². The van der Waals surface area contributed by atoms with Gasteiger partial charge in [0.05, 0.1) is 18.2 Å². The average molecular weight is 293 g/mol. The van der Waals surface area contributed by atoms with E-state index in [0.29, 0.717) is 28.1 Å². The first-order valence-electron chi connectivity index (χ1n) is 5.42. The summed E-state index contributed by atoms with van der Waals surface area (Å²) in [6, 6.07) is 7.24. The SMILES string of the molecule is N#C/C(=C/c1ccc(Cl)cc1Cl)Cn1ccnc1N. The number of benzene rings is 1. The summed E-state index contributed by atoms with van der Waals surface area (Å²) in [4.78, 5) is 3.90. The summed E-state index contributed by atoms with van der Waals surface area (Å²) >= 11 is 11.9. The predicted octanol–water partition coefficient (Wildman–Crippen LogP) is 3.38. The van der Waals surface area contributed by atoms with E-state index in [1.165, 1.54) is 0 Å². The maximum atomic E-state index is 9.16. The molecule has 2 rings (SSSR count). The van der Waals surface area contributed by atoms with Crippen LogP contribution in [-0.2, 0) is 6.54 Å². The Kier molecular flexibility index (Phi) is 4.10. The molecule has 0 fully saturated rings. The van der Waals surface area contributed by atoms with Crippen LogP contribution in [0.1, 0.15) is 5.56 Å². The molecule has 1 aromatic heterocycles. The summed E-state index contributed by atoms with van der Waals surface area (Å²) in [5.74, 6) is 0.364. The maximum absolute atomic E-state index is 9.16. The van der Waals surface area contributed by atoms with Gasteiger partial charge in [0.2, 0.25) is 0 Å². The first-order chi connectivity index (χ1) is 9.10. The van der Waals surface area contributed by atoms with Crippen molar-refractivity contribution < 1.29 is 0 Å². The van der Waals surface area contributed by atoms with Crippen molar-refractivity contribution in [1.29, 1.82) is 5.26 Å². The monoisotopic (exact) mass is 292 g/mol. The average Bonchev–Trinajstić information content (AvgIpc) is 2.77. The number of aromatic nitrogens is 2. The zero-order valence-corrected chi connectivity index (χ0v) is 11.4. The molecule has 0 bridgehead atoms. The normalized spacial score (nSPS) is 11.3. The highest BCUT2D eigenvalue weighted by Gasteiger charge is 2.04. The van der Waals surface area contributed by atoms with Crippen molar-refractivity contribution in [2.45, 2.75) is 6.54 Å². The Morgan fingerprint density at radius 2 is 2.26 bits per heavy atom. The smallest absolute Gasteiger partial charge is 0.200 e. The van der Waals surface area contributed by atoms with E-state index in [1.54, 1.807) is 41.2 Å². The molecule has 0 saturated carbocycles. The maximum Gasteiger partial charge on any atom is 0.200 e. The highest BCUT2D eigenvalue weighted by atomic mass is 35.5. The van der Waals surface area contributed by atoms with E-state index in [9.17, 15) is 0 Å². The molecule has 0 saturated heterocycles. The van der Waals surface area contributed by atoms with Gasteiger partial charge in [0.15, 0.2) is 5.95 Å². The fourth-order valence-electron chi connectivity index (χ4n) is 1.58. The second-order valence-electron chi connectivity index (χ2n) is 3.86. The van der Waals surface area contributed by atoms with E-state index in [2.05, 4.69) is 11.1 Å². The Bertz CT molecular complexity index is 668. The van der Waals surface area contributed by atoms with Crippen molar-refractivity contribution in [3.63, 3.8) is 0 Å². The third-order valence-corrected chi connectivity index (χ3v) is 3.09. The summed E-state index contributed by atoms with van der Waals surface area (Å²) in [5.41, 5.74) is 6.92. The fourth-order valence-corrected chi connectivity index (χ4v) is 2.04. The zero-order chi connectivity index (χ0) is 13.8. The molecule has 4 nitrogen and oxygen atoms in total. The number of nitrogens with zero attached hydrogens (tertiary/aromatic N) is 3. The minimum absolute atomic E-state index is 0.349. The standard InChI is InChI=1S/C13H10Cl2N4/c14-11-2-1-10(12(15)6-11)5-9(7-16)8-19-4-3-18-13(19)17/h1-6H,8H2,(H2,17,18)/b9-5-. The number of hydrogen-bond donors (Lipinski definition) is 1. The molecule has 0 aliphatic carbocycles. The molecule has 0 unspecified atom stereocenters. The van der Waals surface area contributed by atoms with Gasteiger partial charge < -0.3 is 10.3 Å². The molecule has 6 heteroatoms. The van der Waals surface area contributed by atoms with Crippen molar-refractivity contribution in [1.82, 2.24) is 9.55 Å². The van der Waals surface area contributed by atoms with E-state index in [4.69, 9.17) is 34.2 Å². The minimum Gasteiger partial charge on any atom is -0.369 e.